The molecular formula is C19H21N5O5S. The van der Waals surface area contributed by atoms with Gasteiger partial charge in [0.1, 0.15) is 5.25 Å². The Labute approximate surface area is 175 Å². The lowest BCUT2D eigenvalue weighted by Gasteiger charge is -2.07. The van der Waals surface area contributed by atoms with Gasteiger partial charge in [-0.3, -0.25) is 14.4 Å². The van der Waals surface area contributed by atoms with E-state index in [1.165, 1.54) is 0 Å². The van der Waals surface area contributed by atoms with Crippen LogP contribution in [0.4, 0.5) is 5.69 Å². The minimum atomic E-state index is -0.830. The van der Waals surface area contributed by atoms with Crippen molar-refractivity contribution in [1.29, 1.82) is 0 Å². The van der Waals surface area contributed by atoms with Crippen LogP contribution in [-0.2, 0) is 14.4 Å². The third kappa shape index (κ3) is 5.66. The van der Waals surface area contributed by atoms with E-state index in [4.69, 9.17) is 5.11 Å². The third-order valence-corrected chi connectivity index (χ3v) is 5.42. The highest BCUT2D eigenvalue weighted by atomic mass is 32.2. The Balaban J connectivity index is 1.47. The number of carboxylic acid groups (broad SMARTS) is 1. The normalized spacial score (nSPS) is 16.3. The Morgan fingerprint density at radius 2 is 2.00 bits per heavy atom. The molecule has 1 atom stereocenters. The number of aromatic amines is 1. The van der Waals surface area contributed by atoms with Crippen LogP contribution < -0.4 is 5.32 Å². The molecule has 1 aliphatic rings. The highest BCUT2D eigenvalue weighted by molar-refractivity contribution is 8.15. The van der Waals surface area contributed by atoms with E-state index in [-0.39, 0.29) is 35.5 Å². The fraction of sp³-hybridized carbons (Fsp3) is 0.368. The number of nitrogens with zero attached hydrogens (tertiary/aromatic N) is 3. The molecule has 2 heterocycles. The van der Waals surface area contributed by atoms with Crippen molar-refractivity contribution in [3.63, 3.8) is 0 Å². The number of H-pyrrole nitrogens is 1. The maximum atomic E-state index is 12.0. The van der Waals surface area contributed by atoms with Crippen LogP contribution in [-0.4, -0.2) is 49.9 Å². The second-order valence-corrected chi connectivity index (χ2v) is 7.84. The van der Waals surface area contributed by atoms with Crippen molar-refractivity contribution in [2.75, 3.05) is 6.54 Å². The highest BCUT2D eigenvalue weighted by Crippen LogP contribution is 2.36. The van der Waals surface area contributed by atoms with E-state index in [0.29, 0.717) is 36.7 Å². The van der Waals surface area contributed by atoms with Gasteiger partial charge in [-0.1, -0.05) is 36.4 Å². The number of aliphatic carboxylic acids is 1. The predicted molar refractivity (Wildman–Crippen MR) is 112 cm³/mol. The number of rotatable bonds is 9. The van der Waals surface area contributed by atoms with Crippen LogP contribution in [0.2, 0.25) is 0 Å². The lowest BCUT2D eigenvalue weighted by atomic mass is 10.2. The van der Waals surface area contributed by atoms with Gasteiger partial charge in [0.25, 0.3) is 5.91 Å². The Hall–Kier alpha value is -3.21. The summed E-state index contributed by atoms with van der Waals surface area (Å²) in [7, 11) is 0. The maximum absolute atomic E-state index is 12.0. The number of unbranched alkanes of at least 4 members (excludes halogenated alkanes) is 2. The average molecular weight is 431 g/mol. The molecule has 0 saturated heterocycles. The Morgan fingerprint density at radius 1 is 1.20 bits per heavy atom. The molecule has 1 aromatic heterocycles. The van der Waals surface area contributed by atoms with Gasteiger partial charge < -0.3 is 20.5 Å². The first kappa shape index (κ1) is 21.5. The number of azo groups is 1. The number of carbonyl (C=O) groups is 3. The van der Waals surface area contributed by atoms with Crippen molar-refractivity contribution in [2.45, 2.75) is 37.4 Å². The fourth-order valence-electron chi connectivity index (χ4n) is 2.90. The number of aromatic nitrogens is 1. The van der Waals surface area contributed by atoms with Crippen LogP contribution >= 0.6 is 11.8 Å². The predicted octanol–water partition coefficient (Wildman–Crippen LogP) is 3.11. The van der Waals surface area contributed by atoms with Gasteiger partial charge >= 0.3 is 5.97 Å². The fourth-order valence-corrected chi connectivity index (χ4v) is 3.77. The molecule has 30 heavy (non-hydrogen) atoms. The van der Waals surface area contributed by atoms with Gasteiger partial charge in [-0.2, -0.15) is 4.99 Å². The van der Waals surface area contributed by atoms with Gasteiger partial charge in [0.15, 0.2) is 5.69 Å². The summed E-state index contributed by atoms with van der Waals surface area (Å²) in [5.74, 6) is -1.69. The van der Waals surface area contributed by atoms with Crippen molar-refractivity contribution < 1.29 is 24.6 Å². The van der Waals surface area contributed by atoms with E-state index in [2.05, 4.69) is 25.5 Å². The molecule has 0 saturated carbocycles. The molecule has 3 rings (SSSR count). The molecule has 4 N–H and O–H groups in total. The number of nitrogens with one attached hydrogen (secondary N) is 2. The summed E-state index contributed by atoms with van der Waals surface area (Å²) in [4.78, 5) is 41.1. The standard InChI is InChI=1S/C19H21N5O5S/c25-14(20-9-5-1-2-8-15(26)27)10-13-17(28)22-19(30-13)24-23-16-11-6-3-4-7-12(11)21-18(16)29/h3-4,6-7,13,21,29H,1-2,5,8-10H2,(H,20,25)(H,26,27)/t13-/m0/s1. The van der Waals surface area contributed by atoms with E-state index in [1.807, 2.05) is 6.07 Å². The SMILES string of the molecule is O=C(O)CCCCCNC(=O)C[C@@H]1SC(N=Nc2c(O)[nH]c3ccccc23)=NC1=O. The van der Waals surface area contributed by atoms with Gasteiger partial charge in [0.05, 0.1) is 5.52 Å². The molecule has 0 fully saturated rings. The molecule has 1 aliphatic heterocycles. The summed E-state index contributed by atoms with van der Waals surface area (Å²) in [6.07, 6.45) is 2.04. The Bertz CT molecular complexity index is 1020. The zero-order chi connectivity index (χ0) is 21.5. The van der Waals surface area contributed by atoms with Gasteiger partial charge in [-0.25, -0.2) is 0 Å². The molecule has 2 aromatic rings. The number of hydrogen-bond donors (Lipinski definition) is 4. The van der Waals surface area contributed by atoms with Gasteiger partial charge in [0, 0.05) is 24.8 Å². The number of thioether (sulfide) groups is 1. The average Bonchev–Trinajstić information content (AvgIpc) is 3.21. The topological polar surface area (TPSA) is 157 Å². The van der Waals surface area contributed by atoms with Crippen LogP contribution in [0.15, 0.2) is 39.5 Å². The van der Waals surface area contributed by atoms with Crippen LogP contribution in [0.5, 0.6) is 5.88 Å². The van der Waals surface area contributed by atoms with E-state index in [9.17, 15) is 19.5 Å². The lowest BCUT2D eigenvalue weighted by Crippen LogP contribution is -2.29. The third-order valence-electron chi connectivity index (χ3n) is 4.38. The van der Waals surface area contributed by atoms with Crippen LogP contribution in [0.3, 0.4) is 0 Å². The molecule has 0 spiro atoms. The van der Waals surface area contributed by atoms with E-state index in [0.717, 1.165) is 11.8 Å². The van der Waals surface area contributed by atoms with Crippen molar-refractivity contribution in [3.05, 3.63) is 24.3 Å². The molecule has 2 amide bonds. The van der Waals surface area contributed by atoms with Gasteiger partial charge in [0.2, 0.25) is 17.0 Å². The first-order valence-corrected chi connectivity index (χ1v) is 10.3. The number of amidine groups is 1. The molecule has 0 bridgehead atoms. The number of carboxylic acids is 1. The molecule has 10 nitrogen and oxygen atoms in total. The van der Waals surface area contributed by atoms with E-state index in [1.54, 1.807) is 18.2 Å². The van der Waals surface area contributed by atoms with Crippen molar-refractivity contribution in [3.8, 4) is 5.88 Å². The molecule has 158 valence electrons. The molecule has 0 unspecified atom stereocenters. The van der Waals surface area contributed by atoms with Gasteiger partial charge in [-0.05, 0) is 18.9 Å². The number of amides is 2. The number of benzene rings is 1. The van der Waals surface area contributed by atoms with Crippen molar-refractivity contribution in [2.24, 2.45) is 15.2 Å². The summed E-state index contributed by atoms with van der Waals surface area (Å²) in [6.45, 7) is 0.428. The second kappa shape index (κ2) is 10.0. The maximum Gasteiger partial charge on any atom is 0.303 e. The highest BCUT2D eigenvalue weighted by Gasteiger charge is 2.30. The van der Waals surface area contributed by atoms with Gasteiger partial charge in [-0.15, -0.1) is 10.2 Å². The van der Waals surface area contributed by atoms with Crippen molar-refractivity contribution in [1.82, 2.24) is 10.3 Å². The number of para-hydroxylation sites is 1. The second-order valence-electron chi connectivity index (χ2n) is 6.67. The number of aliphatic imine (C=N–C) groups is 1. The summed E-state index contributed by atoms with van der Waals surface area (Å²) in [5, 5.41) is 29.4. The molecule has 0 aliphatic carbocycles. The summed E-state index contributed by atoms with van der Waals surface area (Å²) < 4.78 is 0. The molecule has 11 heteroatoms. The smallest absolute Gasteiger partial charge is 0.303 e. The zero-order valence-corrected chi connectivity index (χ0v) is 16.8. The number of hydrogen-bond acceptors (Lipinski definition) is 7. The lowest BCUT2D eigenvalue weighted by molar-refractivity contribution is -0.137. The Kier molecular flexibility index (Phi) is 7.17. The number of carbonyl (C=O) groups excluding carboxylic acids is 2. The minimum Gasteiger partial charge on any atom is -0.493 e. The van der Waals surface area contributed by atoms with Crippen LogP contribution in [0, 0.1) is 0 Å². The first-order valence-electron chi connectivity index (χ1n) is 9.43. The minimum absolute atomic E-state index is 0.0283. The monoisotopic (exact) mass is 431 g/mol. The van der Waals surface area contributed by atoms with Crippen LogP contribution in [0.1, 0.15) is 32.1 Å². The van der Waals surface area contributed by atoms with E-state index >= 15 is 0 Å². The van der Waals surface area contributed by atoms with Crippen molar-refractivity contribution >= 4 is 51.3 Å². The number of fused-ring (bicyclic) bond motifs is 1. The van der Waals surface area contributed by atoms with E-state index < -0.39 is 17.1 Å². The first-order chi connectivity index (χ1) is 14.4. The molecule has 1 aromatic carbocycles. The quantitative estimate of drug-likeness (QED) is 0.353. The van der Waals surface area contributed by atoms with Crippen LogP contribution in [0.25, 0.3) is 10.9 Å². The summed E-state index contributed by atoms with van der Waals surface area (Å²) in [5.41, 5.74) is 0.962. The number of aromatic hydroxyl groups is 1. The Morgan fingerprint density at radius 3 is 2.80 bits per heavy atom. The molecular weight excluding hydrogens is 410 g/mol. The largest absolute Gasteiger partial charge is 0.493 e. The molecule has 0 radical (unpaired) electrons. The summed E-state index contributed by atoms with van der Waals surface area (Å²) in [6, 6.07) is 7.20. The summed E-state index contributed by atoms with van der Waals surface area (Å²) >= 11 is 1.05. The zero-order valence-electron chi connectivity index (χ0n) is 16.0.